The Kier molecular flexibility index (Phi) is 9.23. The maximum Gasteiger partial charge on any atom is 0.0998 e. The van der Waals surface area contributed by atoms with Crippen molar-refractivity contribution >= 4 is 11.6 Å². The first-order chi connectivity index (χ1) is 17.8. The molecule has 0 unspecified atom stereocenters. The van der Waals surface area contributed by atoms with E-state index in [0.29, 0.717) is 5.57 Å². The summed E-state index contributed by atoms with van der Waals surface area (Å²) < 4.78 is 0. The van der Waals surface area contributed by atoms with Crippen LogP contribution in [0.1, 0.15) is 62.1 Å². The Morgan fingerprint density at radius 3 is 1.78 bits per heavy atom. The topological polar surface area (TPSA) is 36.7 Å². The molecule has 2 heteroatoms. The Morgan fingerprint density at radius 2 is 1.19 bits per heavy atom. The predicted octanol–water partition coefficient (Wildman–Crippen LogP) is 9.38. The number of rotatable bonds is 11. The first-order valence-electron chi connectivity index (χ1n) is 13.1. The zero-order valence-corrected chi connectivity index (χ0v) is 21.2. The van der Waals surface area contributed by atoms with Crippen LogP contribution in [0, 0.1) is 11.3 Å². The van der Waals surface area contributed by atoms with Crippen LogP contribution in [0.25, 0.3) is 33.9 Å². The molecule has 2 nitrogen and oxygen atoms in total. The van der Waals surface area contributed by atoms with Gasteiger partial charge in [0.25, 0.3) is 0 Å². The lowest BCUT2D eigenvalue weighted by molar-refractivity contribution is 0.607. The maximum absolute atomic E-state index is 9.78. The van der Waals surface area contributed by atoms with Crippen molar-refractivity contribution in [1.29, 1.82) is 5.26 Å². The molecule has 0 N–H and O–H groups in total. The fourth-order valence-electron chi connectivity index (χ4n) is 4.48. The van der Waals surface area contributed by atoms with Crippen LogP contribution in [0.15, 0.2) is 97.3 Å². The molecule has 0 radical (unpaired) electrons. The molecule has 0 amide bonds. The number of nitriles is 1. The molecular weight excluding hydrogens is 436 g/mol. The van der Waals surface area contributed by atoms with Crippen LogP contribution in [0.3, 0.4) is 0 Å². The summed E-state index contributed by atoms with van der Waals surface area (Å²) in [6, 6.07) is 31.9. The minimum absolute atomic E-state index is 0.690. The smallest absolute Gasteiger partial charge is 0.0998 e. The fourth-order valence-corrected chi connectivity index (χ4v) is 4.48. The molecule has 0 bridgehead atoms. The molecule has 4 rings (SSSR count). The Bertz CT molecular complexity index is 1280. The molecule has 4 aromatic rings. The van der Waals surface area contributed by atoms with Crippen LogP contribution in [-0.4, -0.2) is 4.98 Å². The van der Waals surface area contributed by atoms with Crippen molar-refractivity contribution in [2.45, 2.75) is 51.9 Å². The van der Waals surface area contributed by atoms with Crippen molar-refractivity contribution < 1.29 is 0 Å². The van der Waals surface area contributed by atoms with Gasteiger partial charge in [0, 0.05) is 12.4 Å². The van der Waals surface area contributed by atoms with Crippen LogP contribution in [-0.2, 0) is 6.42 Å². The van der Waals surface area contributed by atoms with Crippen LogP contribution in [0.4, 0.5) is 0 Å². The van der Waals surface area contributed by atoms with Gasteiger partial charge in [-0.25, -0.2) is 0 Å². The number of aryl methyl sites for hydroxylation is 1. The molecule has 0 aliphatic rings. The Hall–Kier alpha value is -3.96. The maximum atomic E-state index is 9.78. The summed E-state index contributed by atoms with van der Waals surface area (Å²) in [7, 11) is 0. The van der Waals surface area contributed by atoms with Crippen molar-refractivity contribution in [1.82, 2.24) is 4.98 Å². The molecule has 180 valence electrons. The minimum atomic E-state index is 0.690. The lowest BCUT2D eigenvalue weighted by Crippen LogP contribution is -1.88. The van der Waals surface area contributed by atoms with Gasteiger partial charge in [0.15, 0.2) is 0 Å². The molecule has 3 aromatic carbocycles. The quantitative estimate of drug-likeness (QED) is 0.124. The van der Waals surface area contributed by atoms with E-state index in [1.807, 2.05) is 30.6 Å². The standard InChI is InChI=1S/C34H34N2/c1-2-3-4-5-6-7-8-27-9-13-32(14-10-27)34(26-35)25-28-11-15-29(16-12-28)30-17-19-31(20-18-30)33-21-23-36-24-22-33/h9-25H,2-8H2,1H3/b34-25+. The van der Waals surface area contributed by atoms with Crippen molar-refractivity contribution in [3.8, 4) is 28.3 Å². The number of aromatic nitrogens is 1. The highest BCUT2D eigenvalue weighted by atomic mass is 14.6. The number of unbranched alkanes of at least 4 members (excludes halogenated alkanes) is 5. The average molecular weight is 471 g/mol. The van der Waals surface area contributed by atoms with Gasteiger partial charge in [0.05, 0.1) is 11.6 Å². The van der Waals surface area contributed by atoms with Gasteiger partial charge in [-0.2, -0.15) is 5.26 Å². The second-order valence-electron chi connectivity index (χ2n) is 9.32. The summed E-state index contributed by atoms with van der Waals surface area (Å²) in [4.78, 5) is 4.09. The minimum Gasteiger partial charge on any atom is -0.265 e. The third kappa shape index (κ3) is 7.03. The Balaban J connectivity index is 1.38. The van der Waals surface area contributed by atoms with Gasteiger partial charge < -0.3 is 0 Å². The van der Waals surface area contributed by atoms with E-state index in [2.05, 4.69) is 90.8 Å². The number of allylic oxidation sites excluding steroid dienone is 1. The third-order valence-electron chi connectivity index (χ3n) is 6.66. The highest BCUT2D eigenvalue weighted by molar-refractivity contribution is 5.89. The number of benzene rings is 3. The summed E-state index contributed by atoms with van der Waals surface area (Å²) in [6.45, 7) is 2.26. The van der Waals surface area contributed by atoms with Crippen molar-refractivity contribution in [2.24, 2.45) is 0 Å². The highest BCUT2D eigenvalue weighted by Crippen LogP contribution is 2.26. The molecule has 0 atom stereocenters. The van der Waals surface area contributed by atoms with Gasteiger partial charge in [0.1, 0.15) is 0 Å². The molecule has 0 aliphatic carbocycles. The van der Waals surface area contributed by atoms with Gasteiger partial charge in [-0.15, -0.1) is 0 Å². The fraction of sp³-hybridized carbons (Fsp3) is 0.235. The molecule has 1 aromatic heterocycles. The van der Waals surface area contributed by atoms with E-state index in [9.17, 15) is 5.26 Å². The first kappa shape index (κ1) is 25.1. The summed E-state index contributed by atoms with van der Waals surface area (Å²) in [5.74, 6) is 0. The Labute approximate surface area is 216 Å². The van der Waals surface area contributed by atoms with Crippen LogP contribution in [0.5, 0.6) is 0 Å². The number of nitrogens with zero attached hydrogens (tertiary/aromatic N) is 2. The van der Waals surface area contributed by atoms with Crippen LogP contribution in [0.2, 0.25) is 0 Å². The van der Waals surface area contributed by atoms with E-state index in [4.69, 9.17) is 0 Å². The zero-order chi connectivity index (χ0) is 25.0. The molecule has 36 heavy (non-hydrogen) atoms. The lowest BCUT2D eigenvalue weighted by Gasteiger charge is -2.06. The van der Waals surface area contributed by atoms with E-state index < -0.39 is 0 Å². The molecule has 0 saturated carbocycles. The molecule has 0 spiro atoms. The second kappa shape index (κ2) is 13.2. The van der Waals surface area contributed by atoms with Gasteiger partial charge in [-0.3, -0.25) is 4.98 Å². The lowest BCUT2D eigenvalue weighted by atomic mass is 9.98. The van der Waals surface area contributed by atoms with E-state index in [-0.39, 0.29) is 0 Å². The van der Waals surface area contributed by atoms with Crippen LogP contribution >= 0.6 is 0 Å². The second-order valence-corrected chi connectivity index (χ2v) is 9.32. The molecule has 1 heterocycles. The summed E-state index contributed by atoms with van der Waals surface area (Å²) in [6.07, 6.45) is 14.6. The predicted molar refractivity (Wildman–Crippen MR) is 152 cm³/mol. The van der Waals surface area contributed by atoms with E-state index in [0.717, 1.165) is 28.7 Å². The summed E-state index contributed by atoms with van der Waals surface area (Å²) in [5, 5.41) is 9.78. The molecule has 0 aliphatic heterocycles. The first-order valence-corrected chi connectivity index (χ1v) is 13.1. The summed E-state index contributed by atoms with van der Waals surface area (Å²) in [5.41, 5.74) is 8.71. The van der Waals surface area contributed by atoms with Gasteiger partial charge in [0.2, 0.25) is 0 Å². The van der Waals surface area contributed by atoms with E-state index >= 15 is 0 Å². The highest BCUT2D eigenvalue weighted by Gasteiger charge is 2.04. The SMILES string of the molecule is CCCCCCCCc1ccc(/C(C#N)=C/c2ccc(-c3ccc(-c4ccncc4)cc3)cc2)cc1. The van der Waals surface area contributed by atoms with Gasteiger partial charge >= 0.3 is 0 Å². The number of pyridine rings is 1. The Morgan fingerprint density at radius 1 is 0.667 bits per heavy atom. The zero-order valence-electron chi connectivity index (χ0n) is 21.2. The van der Waals surface area contributed by atoms with Crippen molar-refractivity contribution in [3.63, 3.8) is 0 Å². The molecule has 0 fully saturated rings. The average Bonchev–Trinajstić information content (AvgIpc) is 2.95. The number of hydrogen-bond acceptors (Lipinski definition) is 2. The third-order valence-corrected chi connectivity index (χ3v) is 6.66. The van der Waals surface area contributed by atoms with Crippen LogP contribution < -0.4 is 0 Å². The van der Waals surface area contributed by atoms with E-state index in [1.54, 1.807) is 0 Å². The van der Waals surface area contributed by atoms with Gasteiger partial charge in [-0.05, 0) is 70.0 Å². The van der Waals surface area contributed by atoms with Gasteiger partial charge in [-0.1, -0.05) is 112 Å². The van der Waals surface area contributed by atoms with Crippen molar-refractivity contribution in [3.05, 3.63) is 114 Å². The monoisotopic (exact) mass is 470 g/mol. The normalized spacial score (nSPS) is 11.3. The summed E-state index contributed by atoms with van der Waals surface area (Å²) >= 11 is 0. The van der Waals surface area contributed by atoms with Crippen molar-refractivity contribution in [2.75, 3.05) is 0 Å². The molecule has 0 saturated heterocycles. The molecular formula is C34H34N2. The number of hydrogen-bond donors (Lipinski definition) is 0. The van der Waals surface area contributed by atoms with E-state index in [1.165, 1.54) is 55.2 Å². The largest absolute Gasteiger partial charge is 0.265 e.